The zero-order chi connectivity index (χ0) is 21.2. The molecule has 1 heterocycles. The van der Waals surface area contributed by atoms with Crippen molar-refractivity contribution < 1.29 is 0 Å². The second kappa shape index (κ2) is 11.0. The molecule has 2 aromatic rings. The third-order valence-electron chi connectivity index (χ3n) is 4.33. The number of rotatable bonds is 11. The standard InChI is InChI=1S/C21H32N8/c1-4-7-16-8-10-18(11-9-16)29(24)20-19(23)14-25-21(27-20)26-17(5-2)15-28(3)13-6-12-22/h5,8-11,14-15H,2,4,6-7,12-13,22-24H2,1,3H3,(H,25,26,27)/b17-15+. The lowest BCUT2D eigenvalue weighted by molar-refractivity contribution is 0.445. The molecule has 0 aliphatic rings. The number of aryl methyl sites for hydroxylation is 1. The molecule has 0 spiro atoms. The molecule has 0 unspecified atom stereocenters. The maximum absolute atomic E-state index is 6.29. The molecule has 0 radical (unpaired) electrons. The third-order valence-corrected chi connectivity index (χ3v) is 4.33. The van der Waals surface area contributed by atoms with Crippen molar-refractivity contribution in [2.45, 2.75) is 26.2 Å². The highest BCUT2D eigenvalue weighted by molar-refractivity contribution is 5.70. The number of hydrogen-bond donors (Lipinski definition) is 4. The quantitative estimate of drug-likeness (QED) is 0.260. The molecule has 0 atom stereocenters. The number of nitrogens with two attached hydrogens (primary N) is 3. The lowest BCUT2D eigenvalue weighted by atomic mass is 10.1. The number of nitrogen functional groups attached to an aromatic ring is 1. The van der Waals surface area contributed by atoms with Crippen LogP contribution in [0.2, 0.25) is 0 Å². The lowest BCUT2D eigenvalue weighted by Crippen LogP contribution is -2.27. The summed E-state index contributed by atoms with van der Waals surface area (Å²) in [5.41, 5.74) is 14.8. The topological polar surface area (TPSA) is 122 Å². The first kappa shape index (κ1) is 22.2. The minimum atomic E-state index is 0.380. The molecule has 7 N–H and O–H groups in total. The minimum absolute atomic E-state index is 0.380. The van der Waals surface area contributed by atoms with Gasteiger partial charge in [0.1, 0.15) is 0 Å². The summed E-state index contributed by atoms with van der Waals surface area (Å²) in [4.78, 5) is 10.8. The Bertz CT molecular complexity index is 816. The maximum atomic E-state index is 6.29. The number of hydrogen-bond acceptors (Lipinski definition) is 8. The molecule has 8 nitrogen and oxygen atoms in total. The Labute approximate surface area is 173 Å². The van der Waals surface area contributed by atoms with Gasteiger partial charge in [-0.3, -0.25) is 5.01 Å². The van der Waals surface area contributed by atoms with Gasteiger partial charge in [0, 0.05) is 19.8 Å². The Morgan fingerprint density at radius 3 is 2.62 bits per heavy atom. The number of nitrogens with one attached hydrogen (secondary N) is 1. The van der Waals surface area contributed by atoms with Crippen LogP contribution in [-0.4, -0.2) is 35.0 Å². The minimum Gasteiger partial charge on any atom is -0.394 e. The molecule has 2 rings (SSSR count). The first-order valence-corrected chi connectivity index (χ1v) is 9.76. The number of aromatic nitrogens is 2. The fourth-order valence-electron chi connectivity index (χ4n) is 2.78. The van der Waals surface area contributed by atoms with Gasteiger partial charge >= 0.3 is 0 Å². The molecule has 1 aromatic carbocycles. The van der Waals surface area contributed by atoms with Crippen LogP contribution >= 0.6 is 0 Å². The highest BCUT2D eigenvalue weighted by atomic mass is 15.4. The zero-order valence-electron chi connectivity index (χ0n) is 17.3. The van der Waals surface area contributed by atoms with E-state index in [0.29, 0.717) is 24.0 Å². The third kappa shape index (κ3) is 6.48. The molecule has 0 saturated heterocycles. The summed E-state index contributed by atoms with van der Waals surface area (Å²) >= 11 is 0. The van der Waals surface area contributed by atoms with Gasteiger partial charge in [0.05, 0.1) is 23.3 Å². The van der Waals surface area contributed by atoms with E-state index in [-0.39, 0.29) is 0 Å². The maximum Gasteiger partial charge on any atom is 0.229 e. The Hall–Kier alpha value is -3.10. The van der Waals surface area contributed by atoms with Gasteiger partial charge in [-0.15, -0.1) is 0 Å². The van der Waals surface area contributed by atoms with Gasteiger partial charge in [0.15, 0.2) is 5.82 Å². The van der Waals surface area contributed by atoms with Crippen molar-refractivity contribution in [2.75, 3.05) is 36.2 Å². The summed E-state index contributed by atoms with van der Waals surface area (Å²) in [6, 6.07) is 8.04. The average Bonchev–Trinajstić information content (AvgIpc) is 2.73. The van der Waals surface area contributed by atoms with Crippen molar-refractivity contribution >= 4 is 23.1 Å². The summed E-state index contributed by atoms with van der Waals surface area (Å²) in [7, 11) is 1.97. The first-order valence-electron chi connectivity index (χ1n) is 9.76. The van der Waals surface area contributed by atoms with E-state index in [1.165, 1.54) is 16.8 Å². The van der Waals surface area contributed by atoms with E-state index >= 15 is 0 Å². The number of anilines is 4. The predicted molar refractivity (Wildman–Crippen MR) is 121 cm³/mol. The Kier molecular flexibility index (Phi) is 8.45. The van der Waals surface area contributed by atoms with Crippen LogP contribution in [0.3, 0.4) is 0 Å². The number of nitrogens with zero attached hydrogens (tertiary/aromatic N) is 4. The number of benzene rings is 1. The lowest BCUT2D eigenvalue weighted by Gasteiger charge is -2.20. The second-order valence-corrected chi connectivity index (χ2v) is 6.80. The van der Waals surface area contributed by atoms with E-state index in [2.05, 4.69) is 40.9 Å². The molecule has 0 amide bonds. The number of hydrazine groups is 1. The van der Waals surface area contributed by atoms with E-state index in [4.69, 9.17) is 17.3 Å². The van der Waals surface area contributed by atoms with Crippen LogP contribution < -0.4 is 27.6 Å². The summed E-state index contributed by atoms with van der Waals surface area (Å²) < 4.78 is 0. The van der Waals surface area contributed by atoms with Crippen LogP contribution in [0.1, 0.15) is 25.3 Å². The summed E-state index contributed by atoms with van der Waals surface area (Å²) in [6.07, 6.45) is 8.19. The Morgan fingerprint density at radius 2 is 2.00 bits per heavy atom. The molecule has 0 saturated carbocycles. The van der Waals surface area contributed by atoms with Gasteiger partial charge in [-0.2, -0.15) is 4.98 Å². The van der Waals surface area contributed by atoms with Crippen molar-refractivity contribution in [3.63, 3.8) is 0 Å². The summed E-state index contributed by atoms with van der Waals surface area (Å²) in [5.74, 6) is 7.09. The molecule has 0 bridgehead atoms. The molecule has 29 heavy (non-hydrogen) atoms. The van der Waals surface area contributed by atoms with Crippen LogP contribution in [0.15, 0.2) is 55.0 Å². The van der Waals surface area contributed by atoms with Crippen LogP contribution in [-0.2, 0) is 6.42 Å². The molecular formula is C21H32N8. The molecule has 8 heteroatoms. The largest absolute Gasteiger partial charge is 0.394 e. The van der Waals surface area contributed by atoms with Crippen molar-refractivity contribution in [3.05, 3.63) is 60.6 Å². The van der Waals surface area contributed by atoms with Gasteiger partial charge < -0.3 is 21.7 Å². The van der Waals surface area contributed by atoms with Crippen LogP contribution in [0.25, 0.3) is 0 Å². The first-order chi connectivity index (χ1) is 14.0. The Morgan fingerprint density at radius 1 is 1.28 bits per heavy atom. The van der Waals surface area contributed by atoms with Crippen molar-refractivity contribution in [2.24, 2.45) is 11.6 Å². The fraction of sp³-hybridized carbons (Fsp3) is 0.333. The normalized spacial score (nSPS) is 11.2. The number of allylic oxidation sites excluding steroid dienone is 1. The average molecular weight is 397 g/mol. The van der Waals surface area contributed by atoms with Crippen molar-refractivity contribution in [3.8, 4) is 0 Å². The molecular weight excluding hydrogens is 364 g/mol. The molecule has 0 aliphatic carbocycles. The molecule has 1 aromatic heterocycles. The molecule has 0 fully saturated rings. The van der Waals surface area contributed by atoms with Gasteiger partial charge in [0.2, 0.25) is 5.95 Å². The SMILES string of the molecule is C=C/C(=C\N(C)CCCN)Nc1ncc(N)c(N(N)c2ccc(CCC)cc2)n1. The van der Waals surface area contributed by atoms with Crippen molar-refractivity contribution in [1.29, 1.82) is 0 Å². The second-order valence-electron chi connectivity index (χ2n) is 6.80. The van der Waals surface area contributed by atoms with Crippen molar-refractivity contribution in [1.82, 2.24) is 14.9 Å². The van der Waals surface area contributed by atoms with E-state index < -0.39 is 0 Å². The zero-order valence-corrected chi connectivity index (χ0v) is 17.3. The molecule has 156 valence electrons. The smallest absolute Gasteiger partial charge is 0.229 e. The molecule has 0 aliphatic heterocycles. The summed E-state index contributed by atoms with van der Waals surface area (Å²) in [6.45, 7) is 7.48. The summed E-state index contributed by atoms with van der Waals surface area (Å²) in [5, 5.41) is 4.61. The van der Waals surface area contributed by atoms with Gasteiger partial charge in [-0.1, -0.05) is 32.1 Å². The van der Waals surface area contributed by atoms with E-state index in [9.17, 15) is 0 Å². The van der Waals surface area contributed by atoms with E-state index in [0.717, 1.165) is 37.2 Å². The highest BCUT2D eigenvalue weighted by Crippen LogP contribution is 2.26. The van der Waals surface area contributed by atoms with E-state index in [1.807, 2.05) is 30.3 Å². The van der Waals surface area contributed by atoms with Gasteiger partial charge in [-0.05, 0) is 43.2 Å². The van der Waals surface area contributed by atoms with Crippen LogP contribution in [0, 0.1) is 0 Å². The predicted octanol–water partition coefficient (Wildman–Crippen LogP) is 2.74. The highest BCUT2D eigenvalue weighted by Gasteiger charge is 2.13. The monoisotopic (exact) mass is 396 g/mol. The van der Waals surface area contributed by atoms with Crippen LogP contribution in [0.5, 0.6) is 0 Å². The Balaban J connectivity index is 2.19. The van der Waals surface area contributed by atoms with E-state index in [1.54, 1.807) is 6.08 Å². The van der Waals surface area contributed by atoms with Gasteiger partial charge in [-0.25, -0.2) is 10.8 Å². The fourth-order valence-corrected chi connectivity index (χ4v) is 2.78. The van der Waals surface area contributed by atoms with Gasteiger partial charge in [0.25, 0.3) is 0 Å². The van der Waals surface area contributed by atoms with Crippen LogP contribution in [0.4, 0.5) is 23.1 Å².